The Kier molecular flexibility index (Phi) is 2.73. The number of pyridine rings is 1. The monoisotopic (exact) mass is 317 g/mol. The van der Waals surface area contributed by atoms with Crippen molar-refractivity contribution in [2.24, 2.45) is 0 Å². The lowest BCUT2D eigenvalue weighted by atomic mass is 10.5. The third-order valence-electron chi connectivity index (χ3n) is 0.795. The highest BCUT2D eigenvalue weighted by Crippen LogP contribution is 2.25. The fraction of sp³-hybridized carbons (Fsp3) is 0. The van der Waals surface area contributed by atoms with Gasteiger partial charge in [-0.05, 0) is 38.5 Å². The number of nitrogens with zero attached hydrogens (tertiary/aromatic N) is 1. The Morgan fingerprint density at radius 1 is 1.56 bits per heavy atom. The average Bonchev–Trinajstić information content (AvgIpc) is 1.83. The molecule has 1 aromatic heterocycles. The van der Waals surface area contributed by atoms with Crippen LogP contribution in [0.25, 0.3) is 0 Å². The van der Waals surface area contributed by atoms with E-state index in [1.54, 1.807) is 12.4 Å². The average molecular weight is 318 g/mol. The molecular formula is C5H2BrClIN. The molecule has 0 bridgehead atoms. The molecule has 0 saturated carbocycles. The number of aromatic nitrogens is 1. The molecule has 0 radical (unpaired) electrons. The second-order valence-corrected chi connectivity index (χ2v) is 3.78. The molecule has 1 rings (SSSR count). The Balaban J connectivity index is 3.25. The Hall–Kier alpha value is 0.650. The standard InChI is InChI=1S/C5H2BrClIN/c6-5-3(7)1-9-2-4(5)8/h1-2H. The van der Waals surface area contributed by atoms with Crippen LogP contribution in [0.2, 0.25) is 5.02 Å². The number of halogens is 3. The van der Waals surface area contributed by atoms with Crippen LogP contribution in [0, 0.1) is 3.57 Å². The largest absolute Gasteiger partial charge is 0.262 e. The van der Waals surface area contributed by atoms with Crippen LogP contribution in [0.4, 0.5) is 0 Å². The molecule has 1 nitrogen and oxygen atoms in total. The second kappa shape index (κ2) is 3.16. The lowest BCUT2D eigenvalue weighted by Crippen LogP contribution is -1.77. The van der Waals surface area contributed by atoms with E-state index in [1.165, 1.54) is 0 Å². The maximum absolute atomic E-state index is 5.70. The zero-order valence-electron chi connectivity index (χ0n) is 4.24. The molecule has 0 atom stereocenters. The summed E-state index contributed by atoms with van der Waals surface area (Å²) < 4.78 is 1.94. The van der Waals surface area contributed by atoms with Gasteiger partial charge in [0, 0.05) is 16.0 Å². The molecule has 1 heterocycles. The predicted octanol–water partition coefficient (Wildman–Crippen LogP) is 3.10. The van der Waals surface area contributed by atoms with Gasteiger partial charge in [0.05, 0.1) is 9.50 Å². The number of hydrogen-bond donors (Lipinski definition) is 0. The van der Waals surface area contributed by atoms with E-state index in [2.05, 4.69) is 43.5 Å². The van der Waals surface area contributed by atoms with E-state index in [9.17, 15) is 0 Å². The van der Waals surface area contributed by atoms with Gasteiger partial charge in [-0.15, -0.1) is 0 Å². The van der Waals surface area contributed by atoms with Crippen molar-refractivity contribution in [3.05, 3.63) is 25.5 Å². The van der Waals surface area contributed by atoms with Gasteiger partial charge in [0.2, 0.25) is 0 Å². The summed E-state index contributed by atoms with van der Waals surface area (Å²) in [5.74, 6) is 0. The van der Waals surface area contributed by atoms with Crippen molar-refractivity contribution in [2.75, 3.05) is 0 Å². The van der Waals surface area contributed by atoms with Crippen LogP contribution in [-0.4, -0.2) is 4.98 Å². The van der Waals surface area contributed by atoms with E-state index in [-0.39, 0.29) is 0 Å². The van der Waals surface area contributed by atoms with Crippen LogP contribution in [-0.2, 0) is 0 Å². The number of rotatable bonds is 0. The van der Waals surface area contributed by atoms with E-state index in [0.29, 0.717) is 5.02 Å². The van der Waals surface area contributed by atoms with Gasteiger partial charge in [0.15, 0.2) is 0 Å². The summed E-state index contributed by atoms with van der Waals surface area (Å²) >= 11 is 11.2. The van der Waals surface area contributed by atoms with Crippen molar-refractivity contribution >= 4 is 50.1 Å². The summed E-state index contributed by atoms with van der Waals surface area (Å²) in [6.07, 6.45) is 3.35. The molecule has 0 amide bonds. The summed E-state index contributed by atoms with van der Waals surface area (Å²) in [4.78, 5) is 3.88. The molecule has 0 aromatic carbocycles. The molecule has 0 aliphatic heterocycles. The first-order valence-corrected chi connectivity index (χ1v) is 4.41. The fourth-order valence-electron chi connectivity index (χ4n) is 0.396. The highest BCUT2D eigenvalue weighted by atomic mass is 127. The molecule has 0 aliphatic carbocycles. The molecule has 48 valence electrons. The van der Waals surface area contributed by atoms with Crippen molar-refractivity contribution < 1.29 is 0 Å². The zero-order valence-corrected chi connectivity index (χ0v) is 8.74. The zero-order chi connectivity index (χ0) is 6.85. The van der Waals surface area contributed by atoms with Crippen LogP contribution in [0.1, 0.15) is 0 Å². The lowest BCUT2D eigenvalue weighted by molar-refractivity contribution is 1.29. The number of hydrogen-bond acceptors (Lipinski definition) is 1. The van der Waals surface area contributed by atoms with E-state index in [0.717, 1.165) is 8.04 Å². The first-order chi connectivity index (χ1) is 4.22. The fourth-order valence-corrected chi connectivity index (χ4v) is 1.37. The van der Waals surface area contributed by atoms with Gasteiger partial charge >= 0.3 is 0 Å². The molecule has 0 unspecified atom stereocenters. The Morgan fingerprint density at radius 2 is 2.22 bits per heavy atom. The van der Waals surface area contributed by atoms with Gasteiger partial charge in [-0.25, -0.2) is 0 Å². The van der Waals surface area contributed by atoms with Crippen LogP contribution >= 0.6 is 50.1 Å². The Morgan fingerprint density at radius 3 is 2.67 bits per heavy atom. The van der Waals surface area contributed by atoms with Gasteiger partial charge in [-0.1, -0.05) is 11.6 Å². The highest BCUT2D eigenvalue weighted by molar-refractivity contribution is 14.1. The van der Waals surface area contributed by atoms with Crippen molar-refractivity contribution in [1.82, 2.24) is 4.98 Å². The predicted molar refractivity (Wildman–Crippen MR) is 49.7 cm³/mol. The minimum Gasteiger partial charge on any atom is -0.262 e. The third kappa shape index (κ3) is 1.78. The van der Waals surface area contributed by atoms with Crippen molar-refractivity contribution in [2.45, 2.75) is 0 Å². The third-order valence-corrected chi connectivity index (χ3v) is 3.72. The lowest BCUT2D eigenvalue weighted by Gasteiger charge is -1.94. The van der Waals surface area contributed by atoms with Crippen molar-refractivity contribution in [3.63, 3.8) is 0 Å². The van der Waals surface area contributed by atoms with Crippen LogP contribution < -0.4 is 0 Å². The summed E-state index contributed by atoms with van der Waals surface area (Å²) in [6, 6.07) is 0. The molecule has 0 aliphatic rings. The molecule has 9 heavy (non-hydrogen) atoms. The van der Waals surface area contributed by atoms with Crippen LogP contribution in [0.3, 0.4) is 0 Å². The van der Waals surface area contributed by atoms with E-state index in [4.69, 9.17) is 11.6 Å². The SMILES string of the molecule is Clc1cncc(I)c1Br. The van der Waals surface area contributed by atoms with Gasteiger partial charge in [-0.2, -0.15) is 0 Å². The smallest absolute Gasteiger partial charge is 0.0742 e. The van der Waals surface area contributed by atoms with Crippen LogP contribution in [0.15, 0.2) is 16.9 Å². The molecule has 4 heteroatoms. The maximum Gasteiger partial charge on any atom is 0.0742 e. The van der Waals surface area contributed by atoms with E-state index < -0.39 is 0 Å². The summed E-state index contributed by atoms with van der Waals surface area (Å²) in [5, 5.41) is 0.655. The molecule has 0 saturated heterocycles. The second-order valence-electron chi connectivity index (χ2n) is 1.42. The highest BCUT2D eigenvalue weighted by Gasteiger charge is 1.98. The van der Waals surface area contributed by atoms with Crippen LogP contribution in [0.5, 0.6) is 0 Å². The molecule has 0 fully saturated rings. The van der Waals surface area contributed by atoms with Gasteiger partial charge in [0.25, 0.3) is 0 Å². The van der Waals surface area contributed by atoms with Crippen molar-refractivity contribution in [1.29, 1.82) is 0 Å². The molecule has 0 spiro atoms. The van der Waals surface area contributed by atoms with Gasteiger partial charge < -0.3 is 0 Å². The normalized spacial score (nSPS) is 9.67. The maximum atomic E-state index is 5.70. The Labute approximate surface area is 80.1 Å². The summed E-state index contributed by atoms with van der Waals surface area (Å²) in [7, 11) is 0. The Bertz CT molecular complexity index is 208. The van der Waals surface area contributed by atoms with Gasteiger partial charge in [0.1, 0.15) is 0 Å². The summed E-state index contributed by atoms with van der Waals surface area (Å²) in [6.45, 7) is 0. The first-order valence-electron chi connectivity index (χ1n) is 2.16. The van der Waals surface area contributed by atoms with Crippen molar-refractivity contribution in [3.8, 4) is 0 Å². The van der Waals surface area contributed by atoms with E-state index >= 15 is 0 Å². The minimum atomic E-state index is 0.655. The van der Waals surface area contributed by atoms with E-state index in [1.807, 2.05) is 0 Å². The quantitative estimate of drug-likeness (QED) is 0.670. The topological polar surface area (TPSA) is 12.9 Å². The molecule has 0 N–H and O–H groups in total. The van der Waals surface area contributed by atoms with Gasteiger partial charge in [-0.3, -0.25) is 4.98 Å². The summed E-state index contributed by atoms with van der Waals surface area (Å²) in [5.41, 5.74) is 0. The first kappa shape index (κ1) is 7.75. The minimum absolute atomic E-state index is 0.655. The molecular weight excluding hydrogens is 316 g/mol. The molecule has 1 aromatic rings.